The van der Waals surface area contributed by atoms with Crippen LogP contribution in [-0.2, 0) is 10.0 Å². The molecule has 3 fully saturated rings. The van der Waals surface area contributed by atoms with Crippen molar-refractivity contribution in [2.24, 2.45) is 23.2 Å². The minimum Gasteiger partial charge on any atom is -0.212 e. The highest BCUT2D eigenvalue weighted by Crippen LogP contribution is 2.61. The Labute approximate surface area is 99.3 Å². The van der Waals surface area contributed by atoms with E-state index in [9.17, 15) is 8.42 Å². The summed E-state index contributed by atoms with van der Waals surface area (Å²) in [5.74, 6) is 2.20. The minimum absolute atomic E-state index is 0.348. The molecule has 0 heterocycles. The second-order valence-electron chi connectivity index (χ2n) is 6.26. The Hall–Kier alpha value is -0.0900. The van der Waals surface area contributed by atoms with Gasteiger partial charge in [0.1, 0.15) is 0 Å². The van der Waals surface area contributed by atoms with Crippen LogP contribution in [0.2, 0.25) is 0 Å². The molecule has 3 aliphatic carbocycles. The van der Waals surface area contributed by atoms with Crippen LogP contribution in [0.1, 0.15) is 33.1 Å². The standard InChI is InChI=1S/C12H23NO2S/c1-12(2)10-6-5-9(11(12)7-10)8-16(14,15)13(3)4/h9-11H,5-8H2,1-4H3/t9-,10+,11+/m1/s1. The summed E-state index contributed by atoms with van der Waals surface area (Å²) in [6.07, 6.45) is 3.57. The zero-order chi connectivity index (χ0) is 12.1. The van der Waals surface area contributed by atoms with E-state index in [1.807, 2.05) is 0 Å². The fourth-order valence-corrected chi connectivity index (χ4v) is 4.82. The van der Waals surface area contributed by atoms with Crippen molar-refractivity contribution < 1.29 is 8.42 Å². The van der Waals surface area contributed by atoms with E-state index >= 15 is 0 Å². The van der Waals surface area contributed by atoms with E-state index in [1.165, 1.54) is 17.1 Å². The van der Waals surface area contributed by atoms with E-state index < -0.39 is 10.0 Å². The molecule has 3 nitrogen and oxygen atoms in total. The third-order valence-corrected chi connectivity index (χ3v) is 6.94. The highest BCUT2D eigenvalue weighted by molar-refractivity contribution is 7.89. The van der Waals surface area contributed by atoms with Gasteiger partial charge in [-0.25, -0.2) is 12.7 Å². The summed E-state index contributed by atoms with van der Waals surface area (Å²) >= 11 is 0. The zero-order valence-electron chi connectivity index (χ0n) is 10.7. The summed E-state index contributed by atoms with van der Waals surface area (Å²) in [6, 6.07) is 0. The van der Waals surface area contributed by atoms with Crippen molar-refractivity contribution in [3.05, 3.63) is 0 Å². The van der Waals surface area contributed by atoms with Crippen molar-refractivity contribution in [2.75, 3.05) is 19.8 Å². The van der Waals surface area contributed by atoms with Crippen molar-refractivity contribution in [1.82, 2.24) is 4.31 Å². The summed E-state index contributed by atoms with van der Waals surface area (Å²) in [6.45, 7) is 4.61. The Balaban J connectivity index is 2.07. The first kappa shape index (κ1) is 12.4. The SMILES string of the molecule is CN(C)S(=O)(=O)C[C@H]1CC[C@H]2C[C@@H]1C2(C)C. The molecule has 0 unspecified atom stereocenters. The average Bonchev–Trinajstić information content (AvgIpc) is 2.16. The van der Waals surface area contributed by atoms with Gasteiger partial charge in [0, 0.05) is 14.1 Å². The van der Waals surface area contributed by atoms with E-state index in [1.54, 1.807) is 14.1 Å². The van der Waals surface area contributed by atoms with Crippen molar-refractivity contribution in [2.45, 2.75) is 33.1 Å². The third kappa shape index (κ3) is 1.80. The normalized spacial score (nSPS) is 37.2. The smallest absolute Gasteiger partial charge is 0.212 e. The molecule has 0 aromatic carbocycles. The van der Waals surface area contributed by atoms with Crippen LogP contribution in [-0.4, -0.2) is 32.6 Å². The molecule has 0 aliphatic heterocycles. The van der Waals surface area contributed by atoms with Crippen LogP contribution in [0.3, 0.4) is 0 Å². The maximum Gasteiger partial charge on any atom is 0.213 e. The second-order valence-corrected chi connectivity index (χ2v) is 8.49. The Morgan fingerprint density at radius 1 is 1.25 bits per heavy atom. The van der Waals surface area contributed by atoms with Crippen molar-refractivity contribution >= 4 is 10.0 Å². The zero-order valence-corrected chi connectivity index (χ0v) is 11.5. The van der Waals surface area contributed by atoms with Gasteiger partial charge in [0.05, 0.1) is 5.75 Å². The molecule has 4 heteroatoms. The molecule has 94 valence electrons. The molecule has 0 spiro atoms. The molecular formula is C12H23NO2S. The average molecular weight is 245 g/mol. The number of rotatable bonds is 3. The number of hydrogen-bond acceptors (Lipinski definition) is 2. The largest absolute Gasteiger partial charge is 0.213 e. The topological polar surface area (TPSA) is 37.4 Å². The monoisotopic (exact) mass is 245 g/mol. The quantitative estimate of drug-likeness (QED) is 0.762. The predicted molar refractivity (Wildman–Crippen MR) is 65.6 cm³/mol. The van der Waals surface area contributed by atoms with Crippen LogP contribution in [0.4, 0.5) is 0 Å². The van der Waals surface area contributed by atoms with Gasteiger partial charge >= 0.3 is 0 Å². The molecule has 0 aromatic heterocycles. The summed E-state index contributed by atoms with van der Waals surface area (Å²) < 4.78 is 25.2. The van der Waals surface area contributed by atoms with Crippen molar-refractivity contribution in [1.29, 1.82) is 0 Å². The molecule has 3 aliphatic rings. The molecule has 3 saturated carbocycles. The number of nitrogens with zero attached hydrogens (tertiary/aromatic N) is 1. The summed E-state index contributed by atoms with van der Waals surface area (Å²) in [7, 11) is 0.241. The van der Waals surface area contributed by atoms with Crippen molar-refractivity contribution in [3.8, 4) is 0 Å². The lowest BCUT2D eigenvalue weighted by Gasteiger charge is -2.60. The van der Waals surface area contributed by atoms with Crippen LogP contribution < -0.4 is 0 Å². The van der Waals surface area contributed by atoms with Gasteiger partial charge in [-0.1, -0.05) is 13.8 Å². The molecule has 3 atom stereocenters. The number of fused-ring (bicyclic) bond motifs is 2. The van der Waals surface area contributed by atoms with Gasteiger partial charge in [-0.2, -0.15) is 0 Å². The van der Waals surface area contributed by atoms with Gasteiger partial charge in [0.15, 0.2) is 0 Å². The number of hydrogen-bond donors (Lipinski definition) is 0. The second kappa shape index (κ2) is 3.70. The molecule has 0 saturated heterocycles. The Kier molecular flexibility index (Phi) is 2.86. The molecular weight excluding hydrogens is 222 g/mol. The van der Waals surface area contributed by atoms with E-state index in [-0.39, 0.29) is 0 Å². The lowest BCUT2D eigenvalue weighted by Crippen LogP contribution is -2.54. The van der Waals surface area contributed by atoms with E-state index in [4.69, 9.17) is 0 Å². The van der Waals surface area contributed by atoms with E-state index in [0.717, 1.165) is 12.3 Å². The third-order valence-electron chi connectivity index (χ3n) is 4.98. The lowest BCUT2D eigenvalue weighted by atomic mass is 9.46. The molecule has 0 amide bonds. The Morgan fingerprint density at radius 3 is 2.31 bits per heavy atom. The first-order valence-electron chi connectivity index (χ1n) is 6.15. The molecule has 0 aromatic rings. The highest BCUT2D eigenvalue weighted by Gasteiger charge is 2.54. The first-order chi connectivity index (χ1) is 7.25. The lowest BCUT2D eigenvalue weighted by molar-refractivity contribution is -0.0979. The maximum absolute atomic E-state index is 11.9. The van der Waals surface area contributed by atoms with Gasteiger partial charge in [0.2, 0.25) is 10.0 Å². The maximum atomic E-state index is 11.9. The Bertz CT molecular complexity index is 370. The minimum atomic E-state index is -3.02. The van der Waals surface area contributed by atoms with Crippen LogP contribution in [0.15, 0.2) is 0 Å². The molecule has 0 N–H and O–H groups in total. The predicted octanol–water partition coefficient (Wildman–Crippen LogP) is 1.95. The fraction of sp³-hybridized carbons (Fsp3) is 1.00. The van der Waals surface area contributed by atoms with Crippen LogP contribution in [0.25, 0.3) is 0 Å². The fourth-order valence-electron chi connectivity index (χ4n) is 3.58. The van der Waals surface area contributed by atoms with Gasteiger partial charge in [-0.3, -0.25) is 0 Å². The van der Waals surface area contributed by atoms with Gasteiger partial charge in [0.25, 0.3) is 0 Å². The van der Waals surface area contributed by atoms with Gasteiger partial charge in [-0.15, -0.1) is 0 Å². The summed E-state index contributed by atoms with van der Waals surface area (Å²) in [4.78, 5) is 0. The molecule has 2 bridgehead atoms. The molecule has 16 heavy (non-hydrogen) atoms. The van der Waals surface area contributed by atoms with Crippen molar-refractivity contribution in [3.63, 3.8) is 0 Å². The Morgan fingerprint density at radius 2 is 1.88 bits per heavy atom. The molecule has 0 radical (unpaired) electrons. The van der Waals surface area contributed by atoms with Crippen LogP contribution in [0, 0.1) is 23.2 Å². The highest BCUT2D eigenvalue weighted by atomic mass is 32.2. The summed E-state index contributed by atoms with van der Waals surface area (Å²) in [5.41, 5.74) is 0.380. The number of sulfonamides is 1. The van der Waals surface area contributed by atoms with E-state index in [2.05, 4.69) is 13.8 Å². The van der Waals surface area contributed by atoms with Gasteiger partial charge < -0.3 is 0 Å². The van der Waals surface area contributed by atoms with Crippen LogP contribution >= 0.6 is 0 Å². The summed E-state index contributed by atoms with van der Waals surface area (Å²) in [5, 5.41) is 0. The van der Waals surface area contributed by atoms with Crippen LogP contribution in [0.5, 0.6) is 0 Å². The van der Waals surface area contributed by atoms with Gasteiger partial charge in [-0.05, 0) is 42.4 Å². The molecule has 3 rings (SSSR count). The first-order valence-corrected chi connectivity index (χ1v) is 7.76. The van der Waals surface area contributed by atoms with E-state index in [0.29, 0.717) is 23.0 Å².